The Kier molecular flexibility index (Phi) is 10.9. The topological polar surface area (TPSA) is 120 Å². The number of hydrogen-bond acceptors (Lipinski definition) is 7. The quantitative estimate of drug-likeness (QED) is 0.140. The molecule has 8 rings (SSSR count). The van der Waals surface area contributed by atoms with Gasteiger partial charge in [0, 0.05) is 41.3 Å². The van der Waals surface area contributed by atoms with Gasteiger partial charge in [-0.2, -0.15) is 23.4 Å². The van der Waals surface area contributed by atoms with Crippen molar-refractivity contribution in [1.82, 2.24) is 29.5 Å². The molecule has 2 aliphatic carbocycles. The lowest BCUT2D eigenvalue weighted by Gasteiger charge is -2.11. The van der Waals surface area contributed by atoms with Crippen LogP contribution in [-0.2, 0) is 6.18 Å². The number of aromatic nitrogens is 6. The van der Waals surface area contributed by atoms with E-state index in [1.165, 1.54) is 48.2 Å². The number of aryl methyl sites for hydroxylation is 1. The lowest BCUT2D eigenvalue weighted by atomic mass is 10.2. The summed E-state index contributed by atoms with van der Waals surface area (Å²) in [5.41, 5.74) is 3.07. The molecule has 2 saturated carbocycles. The van der Waals surface area contributed by atoms with Gasteiger partial charge in [-0.05, 0) is 87.2 Å². The van der Waals surface area contributed by atoms with Crippen molar-refractivity contribution in [3.63, 3.8) is 0 Å². The van der Waals surface area contributed by atoms with Crippen molar-refractivity contribution in [2.75, 3.05) is 10.6 Å². The monoisotopic (exact) mass is 832 g/mol. The van der Waals surface area contributed by atoms with Crippen LogP contribution >= 0.6 is 34.5 Å². The molecule has 0 saturated heterocycles. The number of amides is 2. The fourth-order valence-electron chi connectivity index (χ4n) is 5.72. The number of thiazole rings is 1. The average Bonchev–Trinajstić information content (AvgIpc) is 4.04. The Bertz CT molecular complexity index is 2400. The van der Waals surface area contributed by atoms with E-state index in [4.69, 9.17) is 23.2 Å². The highest BCUT2D eigenvalue weighted by atomic mass is 35.5. The molecule has 4 heterocycles. The summed E-state index contributed by atoms with van der Waals surface area (Å²) in [5, 5.41) is 13.4. The number of alkyl halides is 5. The molecule has 2 N–H and O–H groups in total. The van der Waals surface area contributed by atoms with Gasteiger partial charge in [0.05, 0.1) is 38.2 Å². The van der Waals surface area contributed by atoms with Crippen LogP contribution in [0.5, 0.6) is 0 Å². The van der Waals surface area contributed by atoms with E-state index in [1.54, 1.807) is 23.7 Å². The minimum atomic E-state index is -4.84. The molecular weight excluding hydrogens is 805 g/mol. The second-order valence-electron chi connectivity index (χ2n) is 13.0. The summed E-state index contributed by atoms with van der Waals surface area (Å²) in [5.74, 6) is -0.421. The van der Waals surface area contributed by atoms with Crippen LogP contribution in [0.1, 0.15) is 92.4 Å². The van der Waals surface area contributed by atoms with Gasteiger partial charge < -0.3 is 10.6 Å². The number of rotatable bonds is 9. The summed E-state index contributed by atoms with van der Waals surface area (Å²) < 4.78 is 81.7. The van der Waals surface area contributed by atoms with Crippen LogP contribution in [0.3, 0.4) is 0 Å². The lowest BCUT2D eigenvalue weighted by molar-refractivity contribution is -0.141. The summed E-state index contributed by atoms with van der Waals surface area (Å²) in [6.07, 6.45) is -0.792. The van der Waals surface area contributed by atoms with Crippen molar-refractivity contribution in [2.24, 2.45) is 0 Å². The number of nitrogens with one attached hydrogen (secondary N) is 2. The summed E-state index contributed by atoms with van der Waals surface area (Å²) in [4.78, 5) is 32.8. The Morgan fingerprint density at radius 2 is 1.50 bits per heavy atom. The number of carbonyl (C=O) groups excluding carboxylic acids is 2. The molecule has 2 fully saturated rings. The molecule has 19 heteroatoms. The van der Waals surface area contributed by atoms with Crippen LogP contribution < -0.4 is 10.6 Å². The highest BCUT2D eigenvalue weighted by Crippen LogP contribution is 2.45. The largest absolute Gasteiger partial charge is 0.435 e. The van der Waals surface area contributed by atoms with Crippen molar-refractivity contribution < 1.29 is 35.9 Å². The second kappa shape index (κ2) is 15.7. The first kappa shape index (κ1) is 39.0. The second-order valence-corrected chi connectivity index (χ2v) is 14.7. The summed E-state index contributed by atoms with van der Waals surface area (Å²) in [6, 6.07) is 12.3. The predicted octanol–water partition coefficient (Wildman–Crippen LogP) is 10.6. The zero-order chi connectivity index (χ0) is 39.9. The molecule has 290 valence electrons. The maximum absolute atomic E-state index is 15.0. The minimum Gasteiger partial charge on any atom is -0.322 e. The van der Waals surface area contributed by atoms with Crippen LogP contribution in [0.25, 0.3) is 11.4 Å². The molecule has 0 unspecified atom stereocenters. The van der Waals surface area contributed by atoms with E-state index in [0.29, 0.717) is 50.2 Å². The maximum atomic E-state index is 15.0. The van der Waals surface area contributed by atoms with Crippen LogP contribution in [0.4, 0.5) is 37.7 Å². The Morgan fingerprint density at radius 1 is 0.857 bits per heavy atom. The molecule has 6 aromatic rings. The van der Waals surface area contributed by atoms with Crippen molar-refractivity contribution in [3.05, 3.63) is 127 Å². The van der Waals surface area contributed by atoms with Crippen LogP contribution in [0.15, 0.2) is 72.5 Å². The molecule has 0 aliphatic heterocycles. The van der Waals surface area contributed by atoms with E-state index in [9.17, 15) is 35.9 Å². The molecule has 4 aromatic heterocycles. The third-order valence-electron chi connectivity index (χ3n) is 8.83. The molecule has 0 bridgehead atoms. The number of hydrogen-bond donors (Lipinski definition) is 2. The van der Waals surface area contributed by atoms with Gasteiger partial charge in [-0.25, -0.2) is 27.5 Å². The molecule has 2 amide bonds. The minimum absolute atomic E-state index is 0.00719. The molecule has 2 aliphatic rings. The van der Waals surface area contributed by atoms with Gasteiger partial charge in [0.15, 0.2) is 11.5 Å². The average molecular weight is 834 g/mol. The maximum Gasteiger partial charge on any atom is 0.435 e. The van der Waals surface area contributed by atoms with Crippen molar-refractivity contribution >= 4 is 57.7 Å². The van der Waals surface area contributed by atoms with E-state index in [0.717, 1.165) is 48.4 Å². The zero-order valence-corrected chi connectivity index (χ0v) is 31.2. The Balaban J connectivity index is 0.000000172. The first-order valence-corrected chi connectivity index (χ1v) is 18.6. The molecule has 0 atom stereocenters. The van der Waals surface area contributed by atoms with Crippen molar-refractivity contribution in [3.8, 4) is 11.4 Å². The molecular formula is C37H28Cl2F6N8O2S. The van der Waals surface area contributed by atoms with E-state index in [-0.39, 0.29) is 21.3 Å². The number of halogens is 8. The summed E-state index contributed by atoms with van der Waals surface area (Å²) in [7, 11) is 0. The van der Waals surface area contributed by atoms with Gasteiger partial charge in [-0.15, -0.1) is 11.3 Å². The molecule has 0 radical (unpaired) electrons. The van der Waals surface area contributed by atoms with Gasteiger partial charge >= 0.3 is 6.18 Å². The Morgan fingerprint density at radius 3 is 2.07 bits per heavy atom. The number of benzene rings is 2. The predicted molar refractivity (Wildman–Crippen MR) is 198 cm³/mol. The first-order chi connectivity index (χ1) is 26.7. The molecule has 2 aromatic carbocycles. The van der Waals surface area contributed by atoms with E-state index in [2.05, 4.69) is 36.9 Å². The Hall–Kier alpha value is -5.26. The van der Waals surface area contributed by atoms with Gasteiger partial charge in [0.1, 0.15) is 16.3 Å². The zero-order valence-electron chi connectivity index (χ0n) is 28.9. The number of anilines is 2. The van der Waals surface area contributed by atoms with Crippen LogP contribution in [0.2, 0.25) is 10.0 Å². The normalized spacial score (nSPS) is 14.0. The first-order valence-electron chi connectivity index (χ1n) is 16.9. The molecule has 10 nitrogen and oxygen atoms in total. The fourth-order valence-corrected chi connectivity index (χ4v) is 6.96. The molecule has 0 spiro atoms. The highest BCUT2D eigenvalue weighted by Gasteiger charge is 2.37. The van der Waals surface area contributed by atoms with Gasteiger partial charge in [0.25, 0.3) is 18.2 Å². The standard InChI is InChI=1S/C21H17Cl2FN4O.C16H11F5N4OS/c22-14-9-25-10-15(23)20(14)21(29)26-13-5-6-18(16(24)7-13)28-19(12-3-4-12)8-17(27-28)11-1-2-11;1-8-13(27-7-22-8)15(26)23-9-2-4-10(5-3-9)25-11(14(17)18)6-12(24-25)16(19,20)21/h5-12H,1-4H2,(H,26,29);2-7,14H,1H3,(H,23,26). The van der Waals surface area contributed by atoms with Crippen LogP contribution in [0, 0.1) is 12.7 Å². The smallest absolute Gasteiger partial charge is 0.322 e. The van der Waals surface area contributed by atoms with Crippen molar-refractivity contribution in [1.29, 1.82) is 0 Å². The third kappa shape index (κ3) is 8.59. The summed E-state index contributed by atoms with van der Waals surface area (Å²) >= 11 is 13.2. The SMILES string of the molecule is Cc1ncsc1C(=O)Nc1ccc(-n2nc(C(F)(F)F)cc2C(F)F)cc1.O=C(Nc1ccc(-n2nc(C3CC3)cc2C2CC2)c(F)c1)c1c(Cl)cncc1Cl. The number of nitrogens with zero attached hydrogens (tertiary/aromatic N) is 6. The molecule has 56 heavy (non-hydrogen) atoms. The number of pyridine rings is 1. The van der Waals surface area contributed by atoms with Crippen LogP contribution in [-0.4, -0.2) is 41.3 Å². The van der Waals surface area contributed by atoms with E-state index in [1.807, 2.05) is 0 Å². The van der Waals surface area contributed by atoms with Gasteiger partial charge in [0.2, 0.25) is 0 Å². The van der Waals surface area contributed by atoms with E-state index >= 15 is 0 Å². The van der Waals surface area contributed by atoms with Crippen molar-refractivity contribution in [2.45, 2.75) is 57.0 Å². The van der Waals surface area contributed by atoms with Gasteiger partial charge in [-0.3, -0.25) is 14.6 Å². The lowest BCUT2D eigenvalue weighted by Crippen LogP contribution is -2.14. The van der Waals surface area contributed by atoms with E-state index < -0.39 is 41.6 Å². The highest BCUT2D eigenvalue weighted by molar-refractivity contribution is 7.12. The summed E-state index contributed by atoms with van der Waals surface area (Å²) in [6.45, 7) is 1.68. The Labute approximate surface area is 328 Å². The fraction of sp³-hybridized carbons (Fsp3) is 0.243. The number of carbonyl (C=O) groups is 2. The third-order valence-corrected chi connectivity index (χ3v) is 10.3. The van der Waals surface area contributed by atoms with Gasteiger partial charge in [-0.1, -0.05) is 23.2 Å².